The van der Waals surface area contributed by atoms with E-state index in [0.717, 1.165) is 25.9 Å². The van der Waals surface area contributed by atoms with Gasteiger partial charge in [0.2, 0.25) is 11.8 Å². The molecule has 3 amide bonds. The van der Waals surface area contributed by atoms with Gasteiger partial charge in [0.05, 0.1) is 6.54 Å². The fourth-order valence-electron chi connectivity index (χ4n) is 3.58. The summed E-state index contributed by atoms with van der Waals surface area (Å²) < 4.78 is 0. The summed E-state index contributed by atoms with van der Waals surface area (Å²) in [4.78, 5) is 40.9. The van der Waals surface area contributed by atoms with Gasteiger partial charge < -0.3 is 15.5 Å². The molecule has 0 aromatic heterocycles. The first-order valence-corrected chi connectivity index (χ1v) is 10.6. The zero-order chi connectivity index (χ0) is 21.4. The van der Waals surface area contributed by atoms with Crippen LogP contribution in [0.5, 0.6) is 0 Å². The van der Waals surface area contributed by atoms with Crippen molar-refractivity contribution in [2.45, 2.75) is 46.6 Å². The van der Waals surface area contributed by atoms with E-state index in [-0.39, 0.29) is 36.2 Å². The SMILES string of the molecule is CCN(CC)C(=O)c1cccc(NC(=O)CN2CCC(C(=O)NC(C)C)CC2)c1. The molecule has 7 heteroatoms. The summed E-state index contributed by atoms with van der Waals surface area (Å²) in [6.07, 6.45) is 1.53. The fourth-order valence-corrected chi connectivity index (χ4v) is 3.58. The quantitative estimate of drug-likeness (QED) is 0.699. The fraction of sp³-hybridized carbons (Fsp3) is 0.591. The van der Waals surface area contributed by atoms with Crippen LogP contribution in [-0.4, -0.2) is 66.3 Å². The topological polar surface area (TPSA) is 81.8 Å². The van der Waals surface area contributed by atoms with Crippen molar-refractivity contribution in [1.29, 1.82) is 0 Å². The van der Waals surface area contributed by atoms with Crippen LogP contribution in [0.25, 0.3) is 0 Å². The number of nitrogens with one attached hydrogen (secondary N) is 2. The van der Waals surface area contributed by atoms with Crippen molar-refractivity contribution >= 4 is 23.4 Å². The zero-order valence-electron chi connectivity index (χ0n) is 18.0. The molecule has 1 fully saturated rings. The lowest BCUT2D eigenvalue weighted by atomic mass is 9.95. The van der Waals surface area contributed by atoms with E-state index in [1.807, 2.05) is 27.7 Å². The summed E-state index contributed by atoms with van der Waals surface area (Å²) in [6, 6.07) is 7.21. The zero-order valence-corrected chi connectivity index (χ0v) is 18.0. The van der Waals surface area contributed by atoms with Gasteiger partial charge in [-0.2, -0.15) is 0 Å². The molecule has 0 saturated carbocycles. The second kappa shape index (κ2) is 11.0. The molecule has 7 nitrogen and oxygen atoms in total. The summed E-state index contributed by atoms with van der Waals surface area (Å²) in [6.45, 7) is 10.9. The van der Waals surface area contributed by atoms with Crippen LogP contribution in [0.15, 0.2) is 24.3 Å². The summed E-state index contributed by atoms with van der Waals surface area (Å²) in [7, 11) is 0. The van der Waals surface area contributed by atoms with Gasteiger partial charge in [-0.1, -0.05) is 6.07 Å². The van der Waals surface area contributed by atoms with Crippen molar-refractivity contribution < 1.29 is 14.4 Å². The molecule has 0 bridgehead atoms. The Hall–Kier alpha value is -2.41. The van der Waals surface area contributed by atoms with E-state index in [0.29, 0.717) is 24.3 Å². The first kappa shape index (κ1) is 22.9. The first-order chi connectivity index (χ1) is 13.8. The lowest BCUT2D eigenvalue weighted by molar-refractivity contribution is -0.127. The lowest BCUT2D eigenvalue weighted by Gasteiger charge is -2.31. The second-order valence-corrected chi connectivity index (χ2v) is 7.82. The minimum absolute atomic E-state index is 0.0273. The monoisotopic (exact) mass is 402 g/mol. The van der Waals surface area contributed by atoms with Gasteiger partial charge in [-0.25, -0.2) is 0 Å². The van der Waals surface area contributed by atoms with Crippen LogP contribution in [0.1, 0.15) is 50.9 Å². The molecule has 0 aliphatic carbocycles. The normalized spacial score (nSPS) is 15.2. The number of hydrogen-bond donors (Lipinski definition) is 2. The number of hydrogen-bond acceptors (Lipinski definition) is 4. The van der Waals surface area contributed by atoms with Crippen molar-refractivity contribution in [3.8, 4) is 0 Å². The summed E-state index contributed by atoms with van der Waals surface area (Å²) >= 11 is 0. The van der Waals surface area contributed by atoms with Crippen LogP contribution in [-0.2, 0) is 9.59 Å². The Labute approximate surface area is 173 Å². The van der Waals surface area contributed by atoms with Crippen LogP contribution in [0.2, 0.25) is 0 Å². The highest BCUT2D eigenvalue weighted by atomic mass is 16.2. The van der Waals surface area contributed by atoms with Crippen molar-refractivity contribution in [1.82, 2.24) is 15.1 Å². The van der Waals surface area contributed by atoms with Crippen molar-refractivity contribution in [3.05, 3.63) is 29.8 Å². The van der Waals surface area contributed by atoms with Crippen LogP contribution in [0.3, 0.4) is 0 Å². The molecule has 1 saturated heterocycles. The average molecular weight is 403 g/mol. The number of amides is 3. The summed E-state index contributed by atoms with van der Waals surface area (Å²) in [5, 5.41) is 5.85. The van der Waals surface area contributed by atoms with Crippen LogP contribution in [0, 0.1) is 5.92 Å². The maximum Gasteiger partial charge on any atom is 0.253 e. The Balaban J connectivity index is 1.85. The van der Waals surface area contributed by atoms with E-state index < -0.39 is 0 Å². The van der Waals surface area contributed by atoms with E-state index in [1.165, 1.54) is 0 Å². The molecule has 0 spiro atoms. The minimum atomic E-state index is -0.109. The van der Waals surface area contributed by atoms with Crippen molar-refractivity contribution in [2.24, 2.45) is 5.92 Å². The molecule has 1 aliphatic rings. The molecule has 2 rings (SSSR count). The van der Waals surface area contributed by atoms with Crippen LogP contribution >= 0.6 is 0 Å². The Morgan fingerprint density at radius 2 is 1.79 bits per heavy atom. The molecule has 1 heterocycles. The lowest BCUT2D eigenvalue weighted by Crippen LogP contribution is -2.44. The van der Waals surface area contributed by atoms with E-state index in [1.54, 1.807) is 29.2 Å². The van der Waals surface area contributed by atoms with Crippen molar-refractivity contribution in [3.63, 3.8) is 0 Å². The van der Waals surface area contributed by atoms with E-state index in [9.17, 15) is 14.4 Å². The predicted molar refractivity (Wildman–Crippen MR) is 115 cm³/mol. The molecule has 1 aliphatic heterocycles. The predicted octanol–water partition coefficient (Wildman–Crippen LogP) is 2.34. The number of carbonyl (C=O) groups is 3. The molecule has 0 unspecified atom stereocenters. The highest BCUT2D eigenvalue weighted by molar-refractivity contribution is 5.97. The number of likely N-dealkylation sites (tertiary alicyclic amines) is 1. The van der Waals surface area contributed by atoms with Crippen LogP contribution < -0.4 is 10.6 Å². The third-order valence-corrected chi connectivity index (χ3v) is 5.20. The van der Waals surface area contributed by atoms with Gasteiger partial charge >= 0.3 is 0 Å². The van der Waals surface area contributed by atoms with E-state index in [4.69, 9.17) is 0 Å². The number of nitrogens with zero attached hydrogens (tertiary/aromatic N) is 2. The third kappa shape index (κ3) is 6.85. The van der Waals surface area contributed by atoms with Gasteiger partial charge in [-0.3, -0.25) is 19.3 Å². The number of piperidine rings is 1. The van der Waals surface area contributed by atoms with Gasteiger partial charge in [-0.05, 0) is 71.8 Å². The summed E-state index contributed by atoms with van der Waals surface area (Å²) in [5.74, 6) is -0.00589. The number of benzene rings is 1. The Kier molecular flexibility index (Phi) is 8.64. The standard InChI is InChI=1S/C22H34N4O3/c1-5-26(6-2)22(29)18-8-7-9-19(14-18)24-20(27)15-25-12-10-17(11-13-25)21(28)23-16(3)4/h7-9,14,16-17H,5-6,10-13,15H2,1-4H3,(H,23,28)(H,24,27). The maximum atomic E-state index is 12.5. The van der Waals surface area contributed by atoms with Gasteiger partial charge in [0.15, 0.2) is 0 Å². The molecule has 0 radical (unpaired) electrons. The number of anilines is 1. The largest absolute Gasteiger partial charge is 0.354 e. The minimum Gasteiger partial charge on any atom is -0.354 e. The highest BCUT2D eigenvalue weighted by Gasteiger charge is 2.26. The average Bonchev–Trinajstić information content (AvgIpc) is 2.69. The number of carbonyl (C=O) groups excluding carboxylic acids is 3. The van der Waals surface area contributed by atoms with Crippen molar-refractivity contribution in [2.75, 3.05) is 38.0 Å². The smallest absolute Gasteiger partial charge is 0.253 e. The molecule has 0 atom stereocenters. The Bertz CT molecular complexity index is 708. The van der Waals surface area contributed by atoms with Gasteiger partial charge in [0, 0.05) is 36.3 Å². The van der Waals surface area contributed by atoms with Crippen LogP contribution in [0.4, 0.5) is 5.69 Å². The molecular formula is C22H34N4O3. The molecule has 160 valence electrons. The number of rotatable bonds is 8. The molecule has 1 aromatic carbocycles. The van der Waals surface area contributed by atoms with Gasteiger partial charge in [-0.15, -0.1) is 0 Å². The molecule has 29 heavy (non-hydrogen) atoms. The first-order valence-electron chi connectivity index (χ1n) is 10.6. The molecular weight excluding hydrogens is 368 g/mol. The highest BCUT2D eigenvalue weighted by Crippen LogP contribution is 2.18. The Morgan fingerprint density at radius 1 is 1.14 bits per heavy atom. The third-order valence-electron chi connectivity index (χ3n) is 5.20. The molecule has 2 N–H and O–H groups in total. The van der Waals surface area contributed by atoms with Gasteiger partial charge in [0.1, 0.15) is 0 Å². The van der Waals surface area contributed by atoms with Gasteiger partial charge in [0.25, 0.3) is 5.91 Å². The van der Waals surface area contributed by atoms with E-state index in [2.05, 4.69) is 15.5 Å². The Morgan fingerprint density at radius 3 is 2.38 bits per heavy atom. The molecule has 1 aromatic rings. The summed E-state index contributed by atoms with van der Waals surface area (Å²) in [5.41, 5.74) is 1.20. The van der Waals surface area contributed by atoms with E-state index >= 15 is 0 Å². The maximum absolute atomic E-state index is 12.5. The second-order valence-electron chi connectivity index (χ2n) is 7.82.